The minimum absolute atomic E-state index is 0.302. The Morgan fingerprint density at radius 1 is 1.33 bits per heavy atom. The number of aryl methyl sites for hydroxylation is 2. The summed E-state index contributed by atoms with van der Waals surface area (Å²) in [4.78, 5) is 14.5. The number of nitrogens with zero attached hydrogens (tertiary/aromatic N) is 4. The van der Waals surface area contributed by atoms with E-state index in [0.29, 0.717) is 19.0 Å². The van der Waals surface area contributed by atoms with Crippen molar-refractivity contribution < 1.29 is 8.42 Å². The molecule has 0 saturated carbocycles. The van der Waals surface area contributed by atoms with Crippen LogP contribution in [0.15, 0.2) is 12.4 Å². The molecule has 0 unspecified atom stereocenters. The topological polar surface area (TPSA) is 76.1 Å². The van der Waals surface area contributed by atoms with E-state index in [0.717, 1.165) is 41.4 Å². The zero-order valence-electron chi connectivity index (χ0n) is 14.2. The molecule has 130 valence electrons. The van der Waals surface area contributed by atoms with Crippen molar-refractivity contribution >= 4 is 21.4 Å². The molecule has 3 rings (SSSR count). The van der Waals surface area contributed by atoms with Crippen LogP contribution in [0.2, 0.25) is 0 Å². The SMILES string of the molecule is Cc1nc(-c2cc(C[C@H]3CCCN(S(C)(=O)=O)C3)ncn2)sc1C. The summed E-state index contributed by atoms with van der Waals surface area (Å²) in [7, 11) is -3.11. The molecule has 1 saturated heterocycles. The van der Waals surface area contributed by atoms with E-state index in [9.17, 15) is 8.42 Å². The molecule has 1 aliphatic heterocycles. The van der Waals surface area contributed by atoms with Crippen molar-refractivity contribution in [1.29, 1.82) is 0 Å². The molecular weight excluding hydrogens is 344 g/mol. The summed E-state index contributed by atoms with van der Waals surface area (Å²) >= 11 is 1.64. The zero-order chi connectivity index (χ0) is 17.3. The molecule has 6 nitrogen and oxygen atoms in total. The number of hydrogen-bond donors (Lipinski definition) is 0. The Kier molecular flexibility index (Phi) is 4.98. The first-order valence-corrected chi connectivity index (χ1v) is 10.7. The van der Waals surface area contributed by atoms with E-state index in [1.165, 1.54) is 11.1 Å². The van der Waals surface area contributed by atoms with Gasteiger partial charge in [0.05, 0.1) is 11.9 Å². The highest BCUT2D eigenvalue weighted by Crippen LogP contribution is 2.27. The number of aromatic nitrogens is 3. The van der Waals surface area contributed by atoms with Crippen LogP contribution in [0.3, 0.4) is 0 Å². The van der Waals surface area contributed by atoms with Crippen molar-refractivity contribution in [3.8, 4) is 10.7 Å². The number of rotatable bonds is 4. The normalized spacial score (nSPS) is 19.5. The molecule has 2 aromatic rings. The van der Waals surface area contributed by atoms with Crippen molar-refractivity contribution in [2.24, 2.45) is 5.92 Å². The van der Waals surface area contributed by atoms with Crippen LogP contribution in [0.4, 0.5) is 0 Å². The first-order valence-electron chi connectivity index (χ1n) is 8.03. The maximum Gasteiger partial charge on any atom is 0.211 e. The highest BCUT2D eigenvalue weighted by atomic mass is 32.2. The Morgan fingerprint density at radius 2 is 2.12 bits per heavy atom. The second-order valence-electron chi connectivity index (χ2n) is 6.39. The van der Waals surface area contributed by atoms with Crippen molar-refractivity contribution in [2.75, 3.05) is 19.3 Å². The van der Waals surface area contributed by atoms with Crippen molar-refractivity contribution in [1.82, 2.24) is 19.3 Å². The van der Waals surface area contributed by atoms with E-state index in [2.05, 4.69) is 21.9 Å². The van der Waals surface area contributed by atoms with Crippen molar-refractivity contribution in [2.45, 2.75) is 33.1 Å². The van der Waals surface area contributed by atoms with Crippen LogP contribution < -0.4 is 0 Å². The fourth-order valence-corrected chi connectivity index (χ4v) is 4.82. The van der Waals surface area contributed by atoms with Crippen LogP contribution in [0.5, 0.6) is 0 Å². The smallest absolute Gasteiger partial charge is 0.211 e. The van der Waals surface area contributed by atoms with Gasteiger partial charge in [0.2, 0.25) is 10.0 Å². The molecule has 1 aliphatic rings. The van der Waals surface area contributed by atoms with Crippen molar-refractivity contribution in [3.05, 3.63) is 28.7 Å². The van der Waals surface area contributed by atoms with Crippen LogP contribution in [-0.4, -0.2) is 47.0 Å². The van der Waals surface area contributed by atoms with Gasteiger partial charge in [-0.05, 0) is 45.1 Å². The maximum absolute atomic E-state index is 11.8. The quantitative estimate of drug-likeness (QED) is 0.831. The molecule has 0 N–H and O–H groups in total. The molecule has 24 heavy (non-hydrogen) atoms. The Hall–Kier alpha value is -1.38. The third kappa shape index (κ3) is 3.99. The number of thiazole rings is 1. The van der Waals surface area contributed by atoms with E-state index in [1.54, 1.807) is 22.0 Å². The Morgan fingerprint density at radius 3 is 2.79 bits per heavy atom. The molecule has 8 heteroatoms. The lowest BCUT2D eigenvalue weighted by Gasteiger charge is -2.30. The average molecular weight is 367 g/mol. The third-order valence-corrected chi connectivity index (χ3v) is 6.78. The van der Waals surface area contributed by atoms with Gasteiger partial charge < -0.3 is 0 Å². The fourth-order valence-electron chi connectivity index (χ4n) is 3.00. The van der Waals surface area contributed by atoms with Crippen LogP contribution in [-0.2, 0) is 16.4 Å². The number of piperidine rings is 1. The summed E-state index contributed by atoms with van der Waals surface area (Å²) in [5, 5.41) is 0.912. The molecule has 2 aromatic heterocycles. The molecular formula is C16H22N4O2S2. The first-order chi connectivity index (χ1) is 11.3. The van der Waals surface area contributed by atoms with Gasteiger partial charge in [0.15, 0.2) is 0 Å². The second kappa shape index (κ2) is 6.85. The van der Waals surface area contributed by atoms with Crippen LogP contribution in [0.25, 0.3) is 10.7 Å². The molecule has 0 aromatic carbocycles. The molecule has 0 amide bonds. The predicted molar refractivity (Wildman–Crippen MR) is 95.5 cm³/mol. The first kappa shape index (κ1) is 17.4. The largest absolute Gasteiger partial charge is 0.241 e. The van der Waals surface area contributed by atoms with Gasteiger partial charge in [-0.1, -0.05) is 0 Å². The van der Waals surface area contributed by atoms with Gasteiger partial charge in [0, 0.05) is 23.7 Å². The highest BCUT2D eigenvalue weighted by molar-refractivity contribution is 7.88. The van der Waals surface area contributed by atoms with Gasteiger partial charge >= 0.3 is 0 Å². The highest BCUT2D eigenvalue weighted by Gasteiger charge is 2.26. The summed E-state index contributed by atoms with van der Waals surface area (Å²) in [5.74, 6) is 0.302. The summed E-state index contributed by atoms with van der Waals surface area (Å²) < 4.78 is 25.1. The molecule has 0 radical (unpaired) electrons. The van der Waals surface area contributed by atoms with Crippen LogP contribution >= 0.6 is 11.3 Å². The summed E-state index contributed by atoms with van der Waals surface area (Å²) in [6, 6.07) is 1.98. The van der Waals surface area contributed by atoms with Gasteiger partial charge in [-0.15, -0.1) is 11.3 Å². The van der Waals surface area contributed by atoms with E-state index < -0.39 is 10.0 Å². The van der Waals surface area contributed by atoms with Gasteiger partial charge in [-0.3, -0.25) is 0 Å². The van der Waals surface area contributed by atoms with E-state index in [4.69, 9.17) is 0 Å². The lowest BCUT2D eigenvalue weighted by Crippen LogP contribution is -2.39. The Balaban J connectivity index is 1.75. The zero-order valence-corrected chi connectivity index (χ0v) is 15.8. The summed E-state index contributed by atoms with van der Waals surface area (Å²) in [6.07, 6.45) is 5.56. The Bertz CT molecular complexity index is 813. The molecule has 3 heterocycles. The number of sulfonamides is 1. The summed E-state index contributed by atoms with van der Waals surface area (Å²) in [6.45, 7) is 5.26. The standard InChI is InChI=1S/C16H22N4O2S2/c1-11-12(2)23-16(19-11)15-8-14(17-10-18-15)7-13-5-4-6-20(9-13)24(3,21)22/h8,10,13H,4-7,9H2,1-3H3/t13-/m1/s1. The Labute approximate surface area is 147 Å². The van der Waals surface area contributed by atoms with Gasteiger partial charge in [0.1, 0.15) is 17.0 Å². The molecule has 0 bridgehead atoms. The monoisotopic (exact) mass is 366 g/mol. The molecule has 1 atom stereocenters. The minimum Gasteiger partial charge on any atom is -0.241 e. The van der Waals surface area contributed by atoms with E-state index in [1.807, 2.05) is 13.0 Å². The second-order valence-corrected chi connectivity index (χ2v) is 9.57. The van der Waals surface area contributed by atoms with E-state index >= 15 is 0 Å². The van der Waals surface area contributed by atoms with Crippen LogP contribution in [0, 0.1) is 19.8 Å². The maximum atomic E-state index is 11.8. The number of hydrogen-bond acceptors (Lipinski definition) is 6. The third-order valence-electron chi connectivity index (χ3n) is 4.42. The lowest BCUT2D eigenvalue weighted by atomic mass is 9.94. The van der Waals surface area contributed by atoms with Gasteiger partial charge in [-0.2, -0.15) is 0 Å². The molecule has 1 fully saturated rings. The van der Waals surface area contributed by atoms with Crippen molar-refractivity contribution in [3.63, 3.8) is 0 Å². The van der Waals surface area contributed by atoms with Gasteiger partial charge in [-0.25, -0.2) is 27.7 Å². The van der Waals surface area contributed by atoms with E-state index in [-0.39, 0.29) is 0 Å². The van der Waals surface area contributed by atoms with Crippen LogP contribution in [0.1, 0.15) is 29.1 Å². The minimum atomic E-state index is -3.11. The van der Waals surface area contributed by atoms with Gasteiger partial charge in [0.25, 0.3) is 0 Å². The molecule has 0 aliphatic carbocycles. The predicted octanol–water partition coefficient (Wildman–Crippen LogP) is 2.43. The lowest BCUT2D eigenvalue weighted by molar-refractivity contribution is 0.265. The average Bonchev–Trinajstić information content (AvgIpc) is 2.87. The fraction of sp³-hybridized carbons (Fsp3) is 0.562. The molecule has 0 spiro atoms. The summed E-state index contributed by atoms with van der Waals surface area (Å²) in [5.41, 5.74) is 2.83.